The molecule has 1 aromatic heterocycles. The van der Waals surface area contributed by atoms with Crippen molar-refractivity contribution in [3.05, 3.63) is 59.3 Å². The van der Waals surface area contributed by atoms with Crippen LogP contribution in [0.1, 0.15) is 12.5 Å². The number of furan rings is 1. The third-order valence-electron chi connectivity index (χ3n) is 4.53. The number of halogens is 1. The number of aliphatic imine (C=N–C) groups is 1. The van der Waals surface area contributed by atoms with Crippen molar-refractivity contribution in [1.82, 2.24) is 4.90 Å². The molecule has 1 fully saturated rings. The van der Waals surface area contributed by atoms with Crippen LogP contribution in [0.25, 0.3) is 11.0 Å². The Morgan fingerprint density at radius 2 is 2.11 bits per heavy atom. The number of hydrogen-bond acceptors (Lipinski definition) is 5. The van der Waals surface area contributed by atoms with Gasteiger partial charge in [0.2, 0.25) is 5.91 Å². The number of carbonyl (C=O) groups is 1. The second-order valence-corrected chi connectivity index (χ2v) is 8.45. The molecule has 1 saturated heterocycles. The summed E-state index contributed by atoms with van der Waals surface area (Å²) < 4.78 is 10.8. The molecule has 1 atom stereocenters. The van der Waals surface area contributed by atoms with E-state index in [0.29, 0.717) is 27.6 Å². The van der Waals surface area contributed by atoms with Crippen LogP contribution >= 0.6 is 23.4 Å². The van der Waals surface area contributed by atoms with Gasteiger partial charge in [0.15, 0.2) is 5.17 Å². The van der Waals surface area contributed by atoms with Gasteiger partial charge < -0.3 is 9.15 Å². The standard InChI is InChI=1S/C21H19ClN2O3S/c1-13-11-24(21(28-13)23-16-5-3-15(22)4-6-16)20(25)9-14-12-27-19-10-17(26-2)7-8-18(14)19/h3-8,10,12-13H,9,11H2,1-2H3/t13-/m0/s1. The van der Waals surface area contributed by atoms with Gasteiger partial charge in [-0.15, -0.1) is 0 Å². The fraction of sp³-hybridized carbons (Fsp3) is 0.238. The van der Waals surface area contributed by atoms with Crippen molar-refractivity contribution in [2.45, 2.75) is 18.6 Å². The Kier molecular flexibility index (Phi) is 5.33. The minimum Gasteiger partial charge on any atom is -0.497 e. The van der Waals surface area contributed by atoms with Gasteiger partial charge in [0, 0.05) is 33.8 Å². The number of fused-ring (bicyclic) bond motifs is 1. The van der Waals surface area contributed by atoms with Crippen LogP contribution < -0.4 is 4.74 Å². The number of thioether (sulfide) groups is 1. The molecule has 144 valence electrons. The average Bonchev–Trinajstić information content (AvgIpc) is 3.26. The summed E-state index contributed by atoms with van der Waals surface area (Å²) in [7, 11) is 1.61. The zero-order chi connectivity index (χ0) is 19.7. The Hall–Kier alpha value is -2.44. The summed E-state index contributed by atoms with van der Waals surface area (Å²) in [5.74, 6) is 0.727. The highest BCUT2D eigenvalue weighted by Crippen LogP contribution is 2.31. The molecule has 0 N–H and O–H groups in total. The summed E-state index contributed by atoms with van der Waals surface area (Å²) in [6, 6.07) is 12.9. The van der Waals surface area contributed by atoms with Gasteiger partial charge in [0.05, 0.1) is 25.5 Å². The summed E-state index contributed by atoms with van der Waals surface area (Å²) in [6.07, 6.45) is 1.90. The molecule has 1 amide bonds. The zero-order valence-electron chi connectivity index (χ0n) is 15.5. The van der Waals surface area contributed by atoms with Gasteiger partial charge in [-0.1, -0.05) is 30.3 Å². The van der Waals surface area contributed by atoms with Crippen LogP contribution in [0.3, 0.4) is 0 Å². The summed E-state index contributed by atoms with van der Waals surface area (Å²) in [5.41, 5.74) is 2.35. The van der Waals surface area contributed by atoms with Crippen LogP contribution in [0.2, 0.25) is 5.02 Å². The lowest BCUT2D eigenvalue weighted by molar-refractivity contribution is -0.126. The van der Waals surface area contributed by atoms with Gasteiger partial charge in [-0.3, -0.25) is 9.69 Å². The van der Waals surface area contributed by atoms with Gasteiger partial charge in [0.25, 0.3) is 0 Å². The van der Waals surface area contributed by atoms with Crippen molar-refractivity contribution in [2.75, 3.05) is 13.7 Å². The molecule has 28 heavy (non-hydrogen) atoms. The second-order valence-electron chi connectivity index (χ2n) is 6.60. The van der Waals surface area contributed by atoms with Crippen molar-refractivity contribution in [2.24, 2.45) is 4.99 Å². The maximum absolute atomic E-state index is 13.0. The van der Waals surface area contributed by atoms with E-state index in [1.807, 2.05) is 30.3 Å². The van der Waals surface area contributed by atoms with Crippen LogP contribution in [0.5, 0.6) is 5.75 Å². The van der Waals surface area contributed by atoms with Crippen LogP contribution in [0.4, 0.5) is 5.69 Å². The predicted molar refractivity (Wildman–Crippen MR) is 114 cm³/mol. The number of hydrogen-bond donors (Lipinski definition) is 0. The van der Waals surface area contributed by atoms with Crippen LogP contribution in [-0.4, -0.2) is 34.9 Å². The molecule has 7 heteroatoms. The third-order valence-corrected chi connectivity index (χ3v) is 5.86. The monoisotopic (exact) mass is 414 g/mol. The first-order valence-corrected chi connectivity index (χ1v) is 10.1. The number of carbonyl (C=O) groups excluding carboxylic acids is 1. The van der Waals surface area contributed by atoms with E-state index in [0.717, 1.165) is 22.4 Å². The fourth-order valence-electron chi connectivity index (χ4n) is 3.12. The lowest BCUT2D eigenvalue weighted by Crippen LogP contribution is -2.33. The van der Waals surface area contributed by atoms with E-state index in [1.165, 1.54) is 0 Å². The highest BCUT2D eigenvalue weighted by molar-refractivity contribution is 8.14. The maximum Gasteiger partial charge on any atom is 0.233 e. The lowest BCUT2D eigenvalue weighted by atomic mass is 10.1. The first-order valence-electron chi connectivity index (χ1n) is 8.89. The molecule has 0 bridgehead atoms. The van der Waals surface area contributed by atoms with Gasteiger partial charge in [-0.2, -0.15) is 0 Å². The van der Waals surface area contributed by atoms with Crippen molar-refractivity contribution < 1.29 is 13.9 Å². The smallest absolute Gasteiger partial charge is 0.233 e. The first-order chi connectivity index (χ1) is 13.5. The summed E-state index contributed by atoms with van der Waals surface area (Å²) >= 11 is 7.55. The van der Waals surface area contributed by atoms with Gasteiger partial charge in [0.1, 0.15) is 11.3 Å². The molecule has 0 saturated carbocycles. The molecular formula is C21H19ClN2O3S. The number of rotatable bonds is 4. The Morgan fingerprint density at radius 1 is 1.32 bits per heavy atom. The molecule has 2 aromatic carbocycles. The number of benzene rings is 2. The fourth-order valence-corrected chi connectivity index (χ4v) is 4.29. The molecule has 4 rings (SSSR count). The third kappa shape index (κ3) is 3.88. The van der Waals surface area contributed by atoms with E-state index in [4.69, 9.17) is 20.8 Å². The van der Waals surface area contributed by atoms with E-state index in [9.17, 15) is 4.79 Å². The summed E-state index contributed by atoms with van der Waals surface area (Å²) in [5, 5.41) is 2.59. The topological polar surface area (TPSA) is 55.0 Å². The minimum atomic E-state index is 0.00285. The van der Waals surface area contributed by atoms with Crippen molar-refractivity contribution in [1.29, 1.82) is 0 Å². The van der Waals surface area contributed by atoms with Crippen LogP contribution in [0, 0.1) is 0 Å². The lowest BCUT2D eigenvalue weighted by Gasteiger charge is -2.15. The van der Waals surface area contributed by atoms with Crippen molar-refractivity contribution in [3.63, 3.8) is 0 Å². The summed E-state index contributed by atoms with van der Waals surface area (Å²) in [6.45, 7) is 2.73. The molecule has 1 aliphatic heterocycles. The van der Waals surface area contributed by atoms with E-state index in [2.05, 4.69) is 11.9 Å². The maximum atomic E-state index is 13.0. The molecule has 0 aliphatic carbocycles. The number of methoxy groups -OCH3 is 1. The molecular weight excluding hydrogens is 396 g/mol. The largest absolute Gasteiger partial charge is 0.497 e. The second kappa shape index (κ2) is 7.89. The van der Waals surface area contributed by atoms with Crippen LogP contribution in [-0.2, 0) is 11.2 Å². The van der Waals surface area contributed by atoms with Crippen molar-refractivity contribution >= 4 is 51.1 Å². The Balaban J connectivity index is 1.57. The van der Waals surface area contributed by atoms with Gasteiger partial charge in [-0.25, -0.2) is 4.99 Å². The highest BCUT2D eigenvalue weighted by atomic mass is 35.5. The van der Waals surface area contributed by atoms with Gasteiger partial charge >= 0.3 is 0 Å². The molecule has 0 radical (unpaired) electrons. The Labute approximate surface area is 172 Å². The minimum absolute atomic E-state index is 0.00285. The first kappa shape index (κ1) is 18.9. The predicted octanol–water partition coefficient (Wildman–Crippen LogP) is 5.29. The number of amidine groups is 1. The van der Waals surface area contributed by atoms with E-state index in [-0.39, 0.29) is 12.3 Å². The normalized spacial score (nSPS) is 18.2. The number of nitrogens with zero attached hydrogens (tertiary/aromatic N) is 2. The van der Waals surface area contributed by atoms with E-state index in [1.54, 1.807) is 42.2 Å². The molecule has 2 heterocycles. The Bertz CT molecular complexity index is 1050. The van der Waals surface area contributed by atoms with E-state index < -0.39 is 0 Å². The molecule has 1 aliphatic rings. The SMILES string of the molecule is COc1ccc2c(CC(=O)N3C[C@H](C)SC3=Nc3ccc(Cl)cc3)coc2c1. The number of ether oxygens (including phenoxy) is 1. The Morgan fingerprint density at radius 3 is 2.86 bits per heavy atom. The average molecular weight is 415 g/mol. The highest BCUT2D eigenvalue weighted by Gasteiger charge is 2.31. The molecule has 0 unspecified atom stereocenters. The molecule has 3 aromatic rings. The zero-order valence-corrected chi connectivity index (χ0v) is 17.1. The molecule has 0 spiro atoms. The van der Waals surface area contributed by atoms with Gasteiger partial charge in [-0.05, 0) is 36.4 Å². The molecule has 5 nitrogen and oxygen atoms in total. The van der Waals surface area contributed by atoms with E-state index >= 15 is 0 Å². The summed E-state index contributed by atoms with van der Waals surface area (Å²) in [4.78, 5) is 19.4. The quantitative estimate of drug-likeness (QED) is 0.582. The van der Waals surface area contributed by atoms with Crippen LogP contribution in [0.15, 0.2) is 58.1 Å². The number of amides is 1. The van der Waals surface area contributed by atoms with Crippen molar-refractivity contribution in [3.8, 4) is 5.75 Å².